The van der Waals surface area contributed by atoms with Gasteiger partial charge in [0.15, 0.2) is 0 Å². The van der Waals surface area contributed by atoms with Gasteiger partial charge >= 0.3 is 0 Å². The Bertz CT molecular complexity index is 1150. The van der Waals surface area contributed by atoms with Crippen LogP contribution in [0.4, 0.5) is 0 Å². The molecule has 0 aromatic heterocycles. The molecule has 1 unspecified atom stereocenters. The Labute approximate surface area is 280 Å². The van der Waals surface area contributed by atoms with Gasteiger partial charge < -0.3 is 15.4 Å². The number of nitrogens with one attached hydrogen (secondary N) is 2. The number of benzene rings is 2. The SMILES string of the molecule is c1cc(C(c2ccc(C3CCCCC3)cc2)C2C[C@@H](OC(=NC3CCCCC3)NC3CCCCC3)CN2)ccc1C1CCCCC1. The maximum atomic E-state index is 6.84. The van der Waals surface area contributed by atoms with Gasteiger partial charge in [0.25, 0.3) is 6.02 Å². The lowest BCUT2D eigenvalue weighted by Gasteiger charge is -2.28. The van der Waals surface area contributed by atoms with Gasteiger partial charge in [-0.15, -0.1) is 0 Å². The summed E-state index contributed by atoms with van der Waals surface area (Å²) >= 11 is 0. The van der Waals surface area contributed by atoms with E-state index in [2.05, 4.69) is 59.2 Å². The molecule has 0 bridgehead atoms. The van der Waals surface area contributed by atoms with E-state index in [9.17, 15) is 0 Å². The molecule has 250 valence electrons. The highest BCUT2D eigenvalue weighted by Crippen LogP contribution is 2.38. The molecule has 7 rings (SSSR count). The molecule has 4 saturated carbocycles. The van der Waals surface area contributed by atoms with Crippen molar-refractivity contribution in [2.75, 3.05) is 6.54 Å². The highest BCUT2D eigenvalue weighted by atomic mass is 16.5. The van der Waals surface area contributed by atoms with Gasteiger partial charge in [-0.25, -0.2) is 4.99 Å². The molecule has 4 nitrogen and oxygen atoms in total. The molecule has 4 aliphatic carbocycles. The number of hydrogen-bond donors (Lipinski definition) is 2. The first-order valence-electron chi connectivity index (χ1n) is 19.7. The van der Waals surface area contributed by atoms with E-state index in [1.54, 1.807) is 11.1 Å². The maximum Gasteiger partial charge on any atom is 0.285 e. The minimum Gasteiger partial charge on any atom is -0.461 e. The molecule has 1 saturated heterocycles. The van der Waals surface area contributed by atoms with E-state index >= 15 is 0 Å². The van der Waals surface area contributed by atoms with Crippen LogP contribution in [-0.2, 0) is 4.74 Å². The summed E-state index contributed by atoms with van der Waals surface area (Å²) in [6, 6.07) is 21.8. The summed E-state index contributed by atoms with van der Waals surface area (Å²) in [6.07, 6.45) is 27.8. The van der Waals surface area contributed by atoms with Crippen LogP contribution in [0.2, 0.25) is 0 Å². The molecule has 46 heavy (non-hydrogen) atoms. The fourth-order valence-corrected chi connectivity index (χ4v) is 9.61. The van der Waals surface area contributed by atoms with Crippen molar-refractivity contribution in [1.29, 1.82) is 0 Å². The summed E-state index contributed by atoms with van der Waals surface area (Å²) in [5.41, 5.74) is 5.99. The third kappa shape index (κ3) is 8.38. The summed E-state index contributed by atoms with van der Waals surface area (Å²) in [7, 11) is 0. The molecule has 5 aliphatic rings. The fraction of sp³-hybridized carbons (Fsp3) is 0.690. The molecule has 2 N–H and O–H groups in total. The van der Waals surface area contributed by atoms with Gasteiger partial charge in [0, 0.05) is 31.0 Å². The molecular weight excluding hydrogens is 562 g/mol. The first kappa shape index (κ1) is 32.2. The first-order valence-corrected chi connectivity index (χ1v) is 19.7. The molecule has 1 aliphatic heterocycles. The van der Waals surface area contributed by atoms with Crippen molar-refractivity contribution in [2.45, 2.75) is 177 Å². The third-order valence-corrected chi connectivity index (χ3v) is 12.4. The number of rotatable bonds is 8. The predicted molar refractivity (Wildman–Crippen MR) is 192 cm³/mol. The number of nitrogens with zero attached hydrogens (tertiary/aromatic N) is 1. The summed E-state index contributed by atoms with van der Waals surface area (Å²) in [4.78, 5) is 5.24. The van der Waals surface area contributed by atoms with Crippen LogP contribution in [0, 0.1) is 0 Å². The Morgan fingerprint density at radius 1 is 0.609 bits per heavy atom. The average molecular weight is 624 g/mol. The zero-order valence-electron chi connectivity index (χ0n) is 28.6. The van der Waals surface area contributed by atoms with E-state index < -0.39 is 0 Å². The van der Waals surface area contributed by atoms with Crippen LogP contribution in [0.5, 0.6) is 0 Å². The summed E-state index contributed by atoms with van der Waals surface area (Å²) in [6.45, 7) is 0.886. The number of hydrogen-bond acceptors (Lipinski definition) is 3. The normalized spacial score (nSPS) is 26.4. The number of amidine groups is 1. The Balaban J connectivity index is 1.09. The van der Waals surface area contributed by atoms with Crippen LogP contribution in [0.1, 0.15) is 175 Å². The Morgan fingerprint density at radius 2 is 1.09 bits per heavy atom. The lowest BCUT2D eigenvalue weighted by molar-refractivity contribution is 0.186. The van der Waals surface area contributed by atoms with Gasteiger partial charge in [0.05, 0.1) is 6.04 Å². The third-order valence-electron chi connectivity index (χ3n) is 12.4. The van der Waals surface area contributed by atoms with Crippen molar-refractivity contribution < 1.29 is 4.74 Å². The van der Waals surface area contributed by atoms with Gasteiger partial charge in [0.2, 0.25) is 0 Å². The molecule has 0 radical (unpaired) electrons. The number of aliphatic imine (C=N–C) groups is 1. The average Bonchev–Trinajstić information content (AvgIpc) is 3.58. The van der Waals surface area contributed by atoms with Crippen molar-refractivity contribution in [3.63, 3.8) is 0 Å². The molecule has 2 atom stereocenters. The zero-order chi connectivity index (χ0) is 31.0. The monoisotopic (exact) mass is 623 g/mol. The second-order valence-electron chi connectivity index (χ2n) is 15.7. The van der Waals surface area contributed by atoms with Crippen molar-refractivity contribution in [2.24, 2.45) is 4.99 Å². The quantitative estimate of drug-likeness (QED) is 0.227. The van der Waals surface area contributed by atoms with Gasteiger partial charge in [-0.1, -0.05) is 126 Å². The first-order chi connectivity index (χ1) is 22.8. The standard InChI is InChI=1S/C42H61N3O/c1-5-13-31(14-6-1)33-21-25-35(26-22-33)41(36-27-23-34(24-28-36)32-15-7-2-8-16-32)40-29-39(30-43-40)46-42(44-37-17-9-3-10-18-37)45-38-19-11-4-12-20-38/h21-28,31-32,37-41,43H,1-20,29-30H2,(H,44,45)/t39-,40?/m1/s1. The van der Waals surface area contributed by atoms with E-state index in [4.69, 9.17) is 9.73 Å². The summed E-state index contributed by atoms with van der Waals surface area (Å²) in [5.74, 6) is 1.81. The highest BCUT2D eigenvalue weighted by Gasteiger charge is 2.35. The Kier molecular flexibility index (Phi) is 11.3. The predicted octanol–water partition coefficient (Wildman–Crippen LogP) is 10.3. The largest absolute Gasteiger partial charge is 0.461 e. The topological polar surface area (TPSA) is 45.6 Å². The molecule has 1 heterocycles. The summed E-state index contributed by atoms with van der Waals surface area (Å²) in [5, 5.41) is 7.78. The van der Waals surface area contributed by atoms with Crippen molar-refractivity contribution in [1.82, 2.24) is 10.6 Å². The maximum absolute atomic E-state index is 6.84. The van der Waals surface area contributed by atoms with E-state index in [1.165, 1.54) is 140 Å². The Morgan fingerprint density at radius 3 is 1.61 bits per heavy atom. The van der Waals surface area contributed by atoms with Crippen molar-refractivity contribution in [3.8, 4) is 0 Å². The van der Waals surface area contributed by atoms with Crippen LogP contribution in [0.25, 0.3) is 0 Å². The molecular formula is C42H61N3O. The van der Waals surface area contributed by atoms with Crippen molar-refractivity contribution >= 4 is 6.02 Å². The molecule has 5 fully saturated rings. The van der Waals surface area contributed by atoms with E-state index in [-0.39, 0.29) is 6.10 Å². The van der Waals surface area contributed by atoms with Crippen LogP contribution >= 0.6 is 0 Å². The fourth-order valence-electron chi connectivity index (χ4n) is 9.61. The molecule has 2 aromatic carbocycles. The highest BCUT2D eigenvalue weighted by molar-refractivity contribution is 5.74. The van der Waals surface area contributed by atoms with Crippen molar-refractivity contribution in [3.05, 3.63) is 70.8 Å². The van der Waals surface area contributed by atoms with E-state index in [0.717, 1.165) is 30.8 Å². The van der Waals surface area contributed by atoms with E-state index in [1.807, 2.05) is 0 Å². The second kappa shape index (κ2) is 16.2. The lowest BCUT2D eigenvalue weighted by Crippen LogP contribution is -2.40. The Hall–Kier alpha value is -2.33. The lowest BCUT2D eigenvalue weighted by atomic mass is 9.79. The van der Waals surface area contributed by atoms with Crippen LogP contribution < -0.4 is 10.6 Å². The van der Waals surface area contributed by atoms with Gasteiger partial charge in [-0.05, 0) is 85.5 Å². The van der Waals surface area contributed by atoms with Crippen LogP contribution in [0.3, 0.4) is 0 Å². The molecule has 0 spiro atoms. The van der Waals surface area contributed by atoms with Gasteiger partial charge in [0.1, 0.15) is 6.10 Å². The molecule has 0 amide bonds. The minimum absolute atomic E-state index is 0.147. The van der Waals surface area contributed by atoms with Gasteiger partial charge in [-0.2, -0.15) is 0 Å². The zero-order valence-corrected chi connectivity index (χ0v) is 28.6. The second-order valence-corrected chi connectivity index (χ2v) is 15.7. The smallest absolute Gasteiger partial charge is 0.285 e. The molecule has 2 aromatic rings. The minimum atomic E-state index is 0.147. The molecule has 4 heteroatoms. The van der Waals surface area contributed by atoms with E-state index in [0.29, 0.717) is 24.0 Å². The van der Waals surface area contributed by atoms with Gasteiger partial charge in [-0.3, -0.25) is 0 Å². The number of ether oxygens (including phenoxy) is 1. The van der Waals surface area contributed by atoms with Crippen LogP contribution in [-0.4, -0.2) is 36.8 Å². The van der Waals surface area contributed by atoms with Crippen LogP contribution in [0.15, 0.2) is 53.5 Å². The summed E-state index contributed by atoms with van der Waals surface area (Å²) < 4.78 is 6.84.